The lowest BCUT2D eigenvalue weighted by molar-refractivity contribution is -0.113. The van der Waals surface area contributed by atoms with E-state index in [0.717, 1.165) is 11.9 Å². The molecular weight excluding hydrogens is 112 g/mol. The highest BCUT2D eigenvalue weighted by molar-refractivity contribution is 5.64. The summed E-state index contributed by atoms with van der Waals surface area (Å²) >= 11 is 0. The molecule has 0 aromatic rings. The second kappa shape index (κ2) is 2.62. The first-order valence-corrected chi connectivity index (χ1v) is 2.82. The molecule has 0 radical (unpaired) electrons. The van der Waals surface area contributed by atoms with E-state index in [1.165, 1.54) is 0 Å². The fourth-order valence-electron chi connectivity index (χ4n) is 0.339. The number of rotatable bonds is 3. The fraction of sp³-hybridized carbons (Fsp3) is 0.375. The van der Waals surface area contributed by atoms with E-state index in [1.54, 1.807) is 6.08 Å². The van der Waals surface area contributed by atoms with Crippen LogP contribution in [-0.4, -0.2) is 6.29 Å². The van der Waals surface area contributed by atoms with E-state index in [-0.39, 0.29) is 0 Å². The smallest absolute Gasteiger partial charge is 0.129 e. The van der Waals surface area contributed by atoms with Gasteiger partial charge in [0.2, 0.25) is 0 Å². The van der Waals surface area contributed by atoms with Crippen molar-refractivity contribution in [2.45, 2.75) is 13.8 Å². The van der Waals surface area contributed by atoms with Crippen LogP contribution in [0.25, 0.3) is 0 Å². The van der Waals surface area contributed by atoms with E-state index < -0.39 is 5.41 Å². The Hall–Kier alpha value is -0.850. The van der Waals surface area contributed by atoms with Gasteiger partial charge in [-0.25, -0.2) is 0 Å². The fourth-order valence-corrected chi connectivity index (χ4v) is 0.339. The van der Waals surface area contributed by atoms with Crippen LogP contribution in [0.1, 0.15) is 13.8 Å². The summed E-state index contributed by atoms with van der Waals surface area (Å²) in [6, 6.07) is 0. The first kappa shape index (κ1) is 8.15. The van der Waals surface area contributed by atoms with Crippen molar-refractivity contribution in [1.82, 2.24) is 0 Å². The second-order valence-corrected chi connectivity index (χ2v) is 2.57. The van der Waals surface area contributed by atoms with Crippen molar-refractivity contribution in [1.29, 1.82) is 0 Å². The van der Waals surface area contributed by atoms with Gasteiger partial charge in [0, 0.05) is 5.41 Å². The van der Waals surface area contributed by atoms with Crippen LogP contribution < -0.4 is 0 Å². The van der Waals surface area contributed by atoms with Crippen LogP contribution in [0, 0.1) is 5.41 Å². The summed E-state index contributed by atoms with van der Waals surface area (Å²) in [6.45, 7) is 10.8. The lowest BCUT2D eigenvalue weighted by Crippen LogP contribution is -2.13. The van der Waals surface area contributed by atoms with Gasteiger partial charge >= 0.3 is 0 Å². The molecule has 0 spiro atoms. The molecule has 0 aromatic heterocycles. The van der Waals surface area contributed by atoms with Gasteiger partial charge in [-0.2, -0.15) is 0 Å². The summed E-state index contributed by atoms with van der Waals surface area (Å²) in [5.41, 5.74) is 0.319. The maximum atomic E-state index is 10.3. The Labute approximate surface area is 56.1 Å². The Morgan fingerprint density at radius 3 is 2.11 bits per heavy atom. The average Bonchev–Trinajstić information content (AvgIpc) is 1.86. The molecule has 0 aliphatic heterocycles. The predicted molar refractivity (Wildman–Crippen MR) is 39.2 cm³/mol. The van der Waals surface area contributed by atoms with E-state index in [4.69, 9.17) is 0 Å². The molecule has 0 fully saturated rings. The molecule has 0 saturated heterocycles. The molecular formula is C8H12O. The van der Waals surface area contributed by atoms with Crippen LogP contribution in [0.5, 0.6) is 0 Å². The zero-order chi connectivity index (χ0) is 7.49. The predicted octanol–water partition coefficient (Wildman–Crippen LogP) is 1.95. The van der Waals surface area contributed by atoms with Gasteiger partial charge < -0.3 is 4.79 Å². The number of carbonyl (C=O) groups excluding carboxylic acids is 1. The van der Waals surface area contributed by atoms with Crippen molar-refractivity contribution in [3.8, 4) is 0 Å². The summed E-state index contributed by atoms with van der Waals surface area (Å²) < 4.78 is 0. The van der Waals surface area contributed by atoms with Crippen LogP contribution >= 0.6 is 0 Å². The third-order valence-corrected chi connectivity index (χ3v) is 1.37. The Kier molecular flexibility index (Phi) is 2.38. The van der Waals surface area contributed by atoms with Crippen molar-refractivity contribution < 1.29 is 4.79 Å². The minimum atomic E-state index is -0.443. The van der Waals surface area contributed by atoms with Gasteiger partial charge in [-0.1, -0.05) is 19.2 Å². The molecule has 0 unspecified atom stereocenters. The number of aldehydes is 1. The van der Waals surface area contributed by atoms with Gasteiger partial charge in [-0.05, 0) is 19.4 Å². The van der Waals surface area contributed by atoms with Crippen molar-refractivity contribution in [3.05, 3.63) is 24.8 Å². The lowest BCUT2D eigenvalue weighted by atomic mass is 9.87. The second-order valence-electron chi connectivity index (χ2n) is 2.57. The highest BCUT2D eigenvalue weighted by atomic mass is 16.1. The van der Waals surface area contributed by atoms with E-state index >= 15 is 0 Å². The average molecular weight is 124 g/mol. The molecule has 0 aliphatic rings. The Bertz CT molecular complexity index is 143. The van der Waals surface area contributed by atoms with Gasteiger partial charge in [-0.3, -0.25) is 0 Å². The molecule has 0 saturated carbocycles. The molecule has 1 heteroatoms. The van der Waals surface area contributed by atoms with Crippen LogP contribution in [0.15, 0.2) is 24.8 Å². The van der Waals surface area contributed by atoms with Crippen LogP contribution in [0.4, 0.5) is 0 Å². The van der Waals surface area contributed by atoms with Crippen molar-refractivity contribution in [2.75, 3.05) is 0 Å². The van der Waals surface area contributed by atoms with E-state index in [0.29, 0.717) is 0 Å². The minimum absolute atomic E-state index is 0.443. The normalized spacial score (nSPS) is 10.4. The largest absolute Gasteiger partial charge is 0.302 e. The van der Waals surface area contributed by atoms with Crippen molar-refractivity contribution in [2.24, 2.45) is 5.41 Å². The molecule has 0 rings (SSSR count). The number of carbonyl (C=O) groups is 1. The molecule has 0 amide bonds. The number of hydrogen-bond acceptors (Lipinski definition) is 1. The molecule has 50 valence electrons. The molecule has 9 heavy (non-hydrogen) atoms. The van der Waals surface area contributed by atoms with Gasteiger partial charge in [0.05, 0.1) is 0 Å². The zero-order valence-electron chi connectivity index (χ0n) is 5.98. The molecule has 0 bridgehead atoms. The van der Waals surface area contributed by atoms with Gasteiger partial charge in [0.25, 0.3) is 0 Å². The monoisotopic (exact) mass is 124 g/mol. The summed E-state index contributed by atoms with van der Waals surface area (Å²) in [7, 11) is 0. The highest BCUT2D eigenvalue weighted by Gasteiger charge is 2.17. The SMILES string of the molecule is C=CC(=C)C(C)(C)C=O. The maximum absolute atomic E-state index is 10.3. The van der Waals surface area contributed by atoms with Crippen LogP contribution in [0.2, 0.25) is 0 Å². The standard InChI is InChI=1S/C8H12O/c1-5-7(2)8(3,4)6-9/h5-6H,1-2H2,3-4H3. The van der Waals surface area contributed by atoms with Gasteiger partial charge in [0.15, 0.2) is 0 Å². The molecule has 0 atom stereocenters. The first-order valence-electron chi connectivity index (χ1n) is 2.82. The number of hydrogen-bond donors (Lipinski definition) is 0. The van der Waals surface area contributed by atoms with Crippen LogP contribution in [-0.2, 0) is 4.79 Å². The quantitative estimate of drug-likeness (QED) is 0.415. The minimum Gasteiger partial charge on any atom is -0.302 e. The Morgan fingerprint density at radius 1 is 1.56 bits per heavy atom. The molecule has 0 N–H and O–H groups in total. The molecule has 0 aliphatic carbocycles. The maximum Gasteiger partial charge on any atom is 0.129 e. The molecule has 1 nitrogen and oxygen atoms in total. The third kappa shape index (κ3) is 1.84. The third-order valence-electron chi connectivity index (χ3n) is 1.37. The van der Waals surface area contributed by atoms with Crippen LogP contribution in [0.3, 0.4) is 0 Å². The van der Waals surface area contributed by atoms with Gasteiger partial charge in [-0.15, -0.1) is 0 Å². The van der Waals surface area contributed by atoms with Gasteiger partial charge in [0.1, 0.15) is 6.29 Å². The van der Waals surface area contributed by atoms with E-state index in [1.807, 2.05) is 13.8 Å². The Morgan fingerprint density at radius 2 is 2.00 bits per heavy atom. The Balaban J connectivity index is 4.31. The lowest BCUT2D eigenvalue weighted by Gasteiger charge is -2.15. The molecule has 0 aromatic carbocycles. The van der Waals surface area contributed by atoms with E-state index in [9.17, 15) is 4.79 Å². The summed E-state index contributed by atoms with van der Waals surface area (Å²) in [6.07, 6.45) is 2.48. The molecule has 0 heterocycles. The van der Waals surface area contributed by atoms with E-state index in [2.05, 4.69) is 13.2 Å². The van der Waals surface area contributed by atoms with Crippen molar-refractivity contribution in [3.63, 3.8) is 0 Å². The summed E-state index contributed by atoms with van der Waals surface area (Å²) in [4.78, 5) is 10.3. The zero-order valence-corrected chi connectivity index (χ0v) is 5.98. The topological polar surface area (TPSA) is 17.1 Å². The number of allylic oxidation sites excluding steroid dienone is 2. The van der Waals surface area contributed by atoms with Crippen molar-refractivity contribution >= 4 is 6.29 Å². The summed E-state index contributed by atoms with van der Waals surface area (Å²) in [5.74, 6) is 0. The highest BCUT2D eigenvalue weighted by Crippen LogP contribution is 2.21. The summed E-state index contributed by atoms with van der Waals surface area (Å²) in [5, 5.41) is 0. The first-order chi connectivity index (χ1) is 4.04.